The number of carbonyl (C=O) groups excluding carboxylic acids is 1. The summed E-state index contributed by atoms with van der Waals surface area (Å²) in [5.74, 6) is 0.0871. The van der Waals surface area contributed by atoms with Crippen LogP contribution in [0.15, 0.2) is 12.1 Å². The second-order valence-corrected chi connectivity index (χ2v) is 6.91. The van der Waals surface area contributed by atoms with Crippen LogP contribution in [0.25, 0.3) is 0 Å². The van der Waals surface area contributed by atoms with Crippen molar-refractivity contribution in [1.82, 2.24) is 9.88 Å². The lowest BCUT2D eigenvalue weighted by Gasteiger charge is -2.39. The summed E-state index contributed by atoms with van der Waals surface area (Å²) in [6.45, 7) is 6.50. The summed E-state index contributed by atoms with van der Waals surface area (Å²) in [7, 11) is 0. The molecule has 0 bridgehead atoms. The summed E-state index contributed by atoms with van der Waals surface area (Å²) in [4.78, 5) is 16.9. The van der Waals surface area contributed by atoms with E-state index < -0.39 is 28.6 Å². The summed E-state index contributed by atoms with van der Waals surface area (Å²) in [5, 5.41) is -0.649. The Kier molecular flexibility index (Phi) is 5.17. The number of alkyl halides is 3. The Morgan fingerprint density at radius 1 is 1.33 bits per heavy atom. The highest BCUT2D eigenvalue weighted by Crippen LogP contribution is 2.34. The van der Waals surface area contributed by atoms with Gasteiger partial charge in [-0.15, -0.1) is 0 Å². The van der Waals surface area contributed by atoms with E-state index in [0.717, 1.165) is 12.1 Å². The fourth-order valence-corrected chi connectivity index (χ4v) is 2.32. The lowest BCUT2D eigenvalue weighted by Crippen LogP contribution is -2.53. The van der Waals surface area contributed by atoms with Crippen molar-refractivity contribution in [2.75, 3.05) is 19.7 Å². The van der Waals surface area contributed by atoms with Gasteiger partial charge in [-0.2, -0.15) is 13.2 Å². The minimum absolute atomic E-state index is 0.0173. The maximum Gasteiger partial charge on any atom is 0.419 e. The molecule has 0 spiro atoms. The molecule has 1 fully saturated rings. The van der Waals surface area contributed by atoms with Crippen molar-refractivity contribution < 1.29 is 27.4 Å². The van der Waals surface area contributed by atoms with Crippen molar-refractivity contribution in [3.8, 4) is 5.88 Å². The zero-order valence-corrected chi connectivity index (χ0v) is 14.2. The van der Waals surface area contributed by atoms with Gasteiger partial charge in [0.1, 0.15) is 10.8 Å². The van der Waals surface area contributed by atoms with E-state index in [2.05, 4.69) is 4.98 Å². The van der Waals surface area contributed by atoms with E-state index in [1.165, 1.54) is 4.90 Å². The Morgan fingerprint density at radius 2 is 1.96 bits per heavy atom. The quantitative estimate of drug-likeness (QED) is 0.759. The van der Waals surface area contributed by atoms with Crippen LogP contribution < -0.4 is 4.74 Å². The Morgan fingerprint density at radius 3 is 2.46 bits per heavy atom. The molecule has 0 saturated carbocycles. The zero-order valence-electron chi connectivity index (χ0n) is 13.5. The molecule has 1 aromatic heterocycles. The normalized spacial score (nSPS) is 15.9. The van der Waals surface area contributed by atoms with Crippen molar-refractivity contribution in [2.45, 2.75) is 32.5 Å². The second kappa shape index (κ2) is 6.66. The number of likely N-dealkylation sites (tertiary alicyclic amines) is 1. The monoisotopic (exact) mass is 366 g/mol. The van der Waals surface area contributed by atoms with Crippen molar-refractivity contribution >= 4 is 17.7 Å². The van der Waals surface area contributed by atoms with E-state index in [1.807, 2.05) is 0 Å². The van der Waals surface area contributed by atoms with Crippen LogP contribution >= 0.6 is 11.6 Å². The second-order valence-electron chi connectivity index (χ2n) is 6.55. The standard InChI is InChI=1S/C15H18ClF3N2O3/c1-14(2,3)24-13(22)21-6-9(7-21)8-23-11-5-4-10(12(16)20-11)15(17,18)19/h4-5,9H,6-8H2,1-3H3. The zero-order chi connectivity index (χ0) is 18.1. The molecule has 5 nitrogen and oxygen atoms in total. The molecule has 2 heterocycles. The molecule has 9 heteroatoms. The molecule has 1 saturated heterocycles. The summed E-state index contributed by atoms with van der Waals surface area (Å²) < 4.78 is 48.3. The Balaban J connectivity index is 1.80. The van der Waals surface area contributed by atoms with Crippen LogP contribution in [0.5, 0.6) is 5.88 Å². The lowest BCUT2D eigenvalue weighted by atomic mass is 10.0. The highest BCUT2D eigenvalue weighted by molar-refractivity contribution is 6.30. The molecule has 134 valence electrons. The first-order valence-corrected chi connectivity index (χ1v) is 7.68. The number of carbonyl (C=O) groups is 1. The number of ether oxygens (including phenoxy) is 2. The predicted molar refractivity (Wildman–Crippen MR) is 81.0 cm³/mol. The Hall–Kier alpha value is -1.70. The Bertz CT molecular complexity index is 611. The van der Waals surface area contributed by atoms with Gasteiger partial charge in [0.25, 0.3) is 0 Å². The smallest absolute Gasteiger partial charge is 0.419 e. The molecule has 24 heavy (non-hydrogen) atoms. The van der Waals surface area contributed by atoms with Crippen LogP contribution in [0.1, 0.15) is 26.3 Å². The van der Waals surface area contributed by atoms with E-state index in [9.17, 15) is 18.0 Å². The molecule has 0 aliphatic carbocycles. The van der Waals surface area contributed by atoms with E-state index in [4.69, 9.17) is 21.1 Å². The molecular weight excluding hydrogens is 349 g/mol. The molecule has 2 rings (SSSR count). The fourth-order valence-electron chi connectivity index (χ4n) is 2.06. The fraction of sp³-hybridized carbons (Fsp3) is 0.600. The van der Waals surface area contributed by atoms with Crippen molar-refractivity contribution in [1.29, 1.82) is 0 Å². The van der Waals surface area contributed by atoms with Gasteiger partial charge in [0.05, 0.1) is 12.2 Å². The molecule has 1 aromatic rings. The van der Waals surface area contributed by atoms with Crippen LogP contribution in [0, 0.1) is 5.92 Å². The molecule has 0 atom stereocenters. The van der Waals surface area contributed by atoms with Gasteiger partial charge in [0, 0.05) is 25.1 Å². The molecule has 0 N–H and O–H groups in total. The molecular formula is C15H18ClF3N2O3. The topological polar surface area (TPSA) is 51.7 Å². The third-order valence-corrected chi connectivity index (χ3v) is 3.49. The van der Waals surface area contributed by atoms with Gasteiger partial charge in [0.15, 0.2) is 0 Å². The lowest BCUT2D eigenvalue weighted by molar-refractivity contribution is -0.137. The number of aromatic nitrogens is 1. The maximum atomic E-state index is 12.6. The third kappa shape index (κ3) is 4.90. The number of amides is 1. The molecule has 1 aliphatic rings. The number of nitrogens with zero attached hydrogens (tertiary/aromatic N) is 2. The molecule has 0 radical (unpaired) electrons. The van der Waals surface area contributed by atoms with Crippen LogP contribution in [-0.4, -0.2) is 41.3 Å². The summed E-state index contributed by atoms with van der Waals surface area (Å²) >= 11 is 5.52. The van der Waals surface area contributed by atoms with Gasteiger partial charge >= 0.3 is 12.3 Å². The maximum absolute atomic E-state index is 12.6. The predicted octanol–water partition coefficient (Wildman–Crippen LogP) is 4.00. The van der Waals surface area contributed by atoms with Gasteiger partial charge in [-0.1, -0.05) is 11.6 Å². The van der Waals surface area contributed by atoms with Gasteiger partial charge < -0.3 is 14.4 Å². The van der Waals surface area contributed by atoms with Crippen molar-refractivity contribution in [2.24, 2.45) is 5.92 Å². The number of rotatable bonds is 3. The van der Waals surface area contributed by atoms with Crippen LogP contribution in [0.3, 0.4) is 0 Å². The van der Waals surface area contributed by atoms with E-state index in [0.29, 0.717) is 13.1 Å². The van der Waals surface area contributed by atoms with Gasteiger partial charge in [-0.3, -0.25) is 0 Å². The SMILES string of the molecule is CC(C)(C)OC(=O)N1CC(COc2ccc(C(F)(F)F)c(Cl)n2)C1. The van der Waals surface area contributed by atoms with Gasteiger partial charge in [-0.25, -0.2) is 9.78 Å². The van der Waals surface area contributed by atoms with E-state index >= 15 is 0 Å². The minimum atomic E-state index is -4.55. The van der Waals surface area contributed by atoms with E-state index in [-0.39, 0.29) is 18.4 Å². The number of pyridine rings is 1. The molecule has 0 unspecified atom stereocenters. The molecule has 0 aromatic carbocycles. The van der Waals surface area contributed by atoms with E-state index in [1.54, 1.807) is 20.8 Å². The van der Waals surface area contributed by atoms with Gasteiger partial charge in [0.2, 0.25) is 5.88 Å². The van der Waals surface area contributed by atoms with Crippen LogP contribution in [0.4, 0.5) is 18.0 Å². The largest absolute Gasteiger partial charge is 0.477 e. The highest BCUT2D eigenvalue weighted by Gasteiger charge is 2.35. The van der Waals surface area contributed by atoms with Crippen molar-refractivity contribution in [3.05, 3.63) is 22.8 Å². The van der Waals surface area contributed by atoms with Crippen molar-refractivity contribution in [3.63, 3.8) is 0 Å². The highest BCUT2D eigenvalue weighted by atomic mass is 35.5. The first-order chi connectivity index (χ1) is 11.0. The first-order valence-electron chi connectivity index (χ1n) is 7.30. The first kappa shape index (κ1) is 18.6. The summed E-state index contributed by atoms with van der Waals surface area (Å²) in [6, 6.07) is 1.96. The number of halogens is 4. The average molecular weight is 367 g/mol. The number of hydrogen-bond acceptors (Lipinski definition) is 4. The minimum Gasteiger partial charge on any atom is -0.477 e. The van der Waals surface area contributed by atoms with Crippen LogP contribution in [-0.2, 0) is 10.9 Å². The van der Waals surface area contributed by atoms with Gasteiger partial charge in [-0.05, 0) is 26.8 Å². The van der Waals surface area contributed by atoms with Crippen LogP contribution in [0.2, 0.25) is 5.15 Å². The third-order valence-electron chi connectivity index (χ3n) is 3.20. The Labute approximate surface area is 142 Å². The molecule has 1 amide bonds. The summed E-state index contributed by atoms with van der Waals surface area (Å²) in [5.41, 5.74) is -1.56. The average Bonchev–Trinajstić information content (AvgIpc) is 2.32. The number of hydrogen-bond donors (Lipinski definition) is 0. The molecule has 1 aliphatic heterocycles. The summed E-state index contributed by atoms with van der Waals surface area (Å²) in [6.07, 6.45) is -4.95.